The zero-order valence-electron chi connectivity index (χ0n) is 13.6. The Morgan fingerprint density at radius 1 is 1.26 bits per heavy atom. The van der Waals surface area contributed by atoms with Crippen LogP contribution in [0.15, 0.2) is 35.2 Å². The van der Waals surface area contributed by atoms with E-state index in [2.05, 4.69) is 5.32 Å². The van der Waals surface area contributed by atoms with E-state index >= 15 is 0 Å². The van der Waals surface area contributed by atoms with Crippen LogP contribution in [0.4, 0.5) is 23.2 Å². The predicted octanol–water partition coefficient (Wildman–Crippen LogP) is 4.87. The minimum absolute atomic E-state index is 0.00770. The molecule has 0 spiro atoms. The molecule has 0 aromatic heterocycles. The van der Waals surface area contributed by atoms with Gasteiger partial charge in [-0.15, -0.1) is 0 Å². The van der Waals surface area contributed by atoms with Gasteiger partial charge in [-0.05, 0) is 31.2 Å². The SMILES string of the molecule is CCNc1c(S(=O)(=O)C(F)(F)F)ccc(Oc2cc(F)cc(Cl)c2)c1C#N. The fourth-order valence-corrected chi connectivity index (χ4v) is 3.33. The highest BCUT2D eigenvalue weighted by Gasteiger charge is 2.48. The van der Waals surface area contributed by atoms with E-state index in [-0.39, 0.29) is 23.1 Å². The Morgan fingerprint density at radius 3 is 2.44 bits per heavy atom. The van der Waals surface area contributed by atoms with E-state index < -0.39 is 37.3 Å². The van der Waals surface area contributed by atoms with E-state index in [1.165, 1.54) is 13.0 Å². The third-order valence-corrected chi connectivity index (χ3v) is 5.00. The van der Waals surface area contributed by atoms with E-state index in [1.54, 1.807) is 6.07 Å². The van der Waals surface area contributed by atoms with Gasteiger partial charge in [0.05, 0.1) is 5.69 Å². The maximum Gasteiger partial charge on any atom is 0.501 e. The molecular formula is C16H11ClF4N2O3S. The molecule has 0 radical (unpaired) electrons. The Bertz CT molecular complexity index is 997. The van der Waals surface area contributed by atoms with Crippen molar-refractivity contribution in [1.29, 1.82) is 5.26 Å². The van der Waals surface area contributed by atoms with Crippen LogP contribution in [0, 0.1) is 17.1 Å². The third-order valence-electron chi connectivity index (χ3n) is 3.25. The molecule has 144 valence electrons. The monoisotopic (exact) mass is 422 g/mol. The summed E-state index contributed by atoms with van der Waals surface area (Å²) >= 11 is 5.70. The molecule has 0 aliphatic heterocycles. The number of nitrogens with one attached hydrogen (secondary N) is 1. The Kier molecular flexibility index (Phi) is 5.87. The van der Waals surface area contributed by atoms with Crippen LogP contribution in [0.25, 0.3) is 0 Å². The molecule has 1 N–H and O–H groups in total. The summed E-state index contributed by atoms with van der Waals surface area (Å²) in [5, 5.41) is 11.8. The zero-order chi connectivity index (χ0) is 20.4. The highest BCUT2D eigenvalue weighted by atomic mass is 35.5. The molecule has 0 unspecified atom stereocenters. The number of nitrogens with zero attached hydrogens (tertiary/aromatic N) is 1. The van der Waals surface area contributed by atoms with Crippen molar-refractivity contribution >= 4 is 27.1 Å². The number of anilines is 1. The average Bonchev–Trinajstić information content (AvgIpc) is 2.53. The van der Waals surface area contributed by atoms with Crippen molar-refractivity contribution < 1.29 is 30.7 Å². The van der Waals surface area contributed by atoms with Gasteiger partial charge < -0.3 is 10.1 Å². The number of ether oxygens (including phenoxy) is 1. The molecule has 0 heterocycles. The lowest BCUT2D eigenvalue weighted by molar-refractivity contribution is -0.0435. The van der Waals surface area contributed by atoms with Crippen molar-refractivity contribution in [3.05, 3.63) is 46.7 Å². The number of sulfone groups is 1. The first kappa shape index (κ1) is 20.8. The van der Waals surface area contributed by atoms with Gasteiger partial charge in [0.15, 0.2) is 0 Å². The second kappa shape index (κ2) is 7.62. The fourth-order valence-electron chi connectivity index (χ4n) is 2.18. The predicted molar refractivity (Wildman–Crippen MR) is 90.0 cm³/mol. The number of nitriles is 1. The van der Waals surface area contributed by atoms with Gasteiger partial charge in [-0.1, -0.05) is 11.6 Å². The van der Waals surface area contributed by atoms with Crippen molar-refractivity contribution in [2.24, 2.45) is 0 Å². The van der Waals surface area contributed by atoms with Gasteiger partial charge in [0, 0.05) is 17.6 Å². The number of alkyl halides is 3. The lowest BCUT2D eigenvalue weighted by Crippen LogP contribution is -2.24. The third kappa shape index (κ3) is 4.26. The van der Waals surface area contributed by atoms with Crippen LogP contribution in [0.5, 0.6) is 11.5 Å². The molecule has 2 aromatic carbocycles. The van der Waals surface area contributed by atoms with Crippen molar-refractivity contribution in [3.8, 4) is 17.6 Å². The molecule has 0 amide bonds. The van der Waals surface area contributed by atoms with Crippen LogP contribution < -0.4 is 10.1 Å². The van der Waals surface area contributed by atoms with Gasteiger partial charge in [-0.2, -0.15) is 18.4 Å². The minimum atomic E-state index is -5.72. The van der Waals surface area contributed by atoms with E-state index in [0.29, 0.717) is 6.07 Å². The number of hydrogen-bond acceptors (Lipinski definition) is 5. The lowest BCUT2D eigenvalue weighted by Gasteiger charge is -2.17. The molecule has 0 atom stereocenters. The molecule has 0 aliphatic carbocycles. The highest BCUT2D eigenvalue weighted by molar-refractivity contribution is 7.92. The second-order valence-electron chi connectivity index (χ2n) is 5.11. The van der Waals surface area contributed by atoms with Gasteiger partial charge in [0.2, 0.25) is 0 Å². The van der Waals surface area contributed by atoms with Gasteiger partial charge in [0.1, 0.15) is 33.8 Å². The number of halogens is 5. The van der Waals surface area contributed by atoms with Crippen LogP contribution >= 0.6 is 11.6 Å². The Morgan fingerprint density at radius 2 is 1.93 bits per heavy atom. The van der Waals surface area contributed by atoms with Crippen LogP contribution in [0.2, 0.25) is 5.02 Å². The molecule has 0 saturated carbocycles. The first-order chi connectivity index (χ1) is 12.5. The van der Waals surface area contributed by atoms with Gasteiger partial charge in [0.25, 0.3) is 9.84 Å². The summed E-state index contributed by atoms with van der Waals surface area (Å²) in [6.07, 6.45) is 0. The Labute approximate surface area is 157 Å². The summed E-state index contributed by atoms with van der Waals surface area (Å²) in [7, 11) is -5.72. The molecule has 0 aliphatic rings. The van der Waals surface area contributed by atoms with Gasteiger partial charge in [-0.3, -0.25) is 0 Å². The topological polar surface area (TPSA) is 79.2 Å². The fraction of sp³-hybridized carbons (Fsp3) is 0.188. The summed E-state index contributed by atoms with van der Waals surface area (Å²) < 4.78 is 81.1. The van der Waals surface area contributed by atoms with E-state index in [9.17, 15) is 31.2 Å². The lowest BCUT2D eigenvalue weighted by atomic mass is 10.1. The molecular weight excluding hydrogens is 412 g/mol. The Balaban J connectivity index is 2.66. The highest BCUT2D eigenvalue weighted by Crippen LogP contribution is 2.40. The number of benzene rings is 2. The van der Waals surface area contributed by atoms with Crippen molar-refractivity contribution in [2.45, 2.75) is 17.3 Å². The smallest absolute Gasteiger partial charge is 0.456 e. The van der Waals surface area contributed by atoms with Crippen LogP contribution in [-0.4, -0.2) is 20.5 Å². The molecule has 11 heteroatoms. The second-order valence-corrected chi connectivity index (χ2v) is 7.46. The van der Waals surface area contributed by atoms with Gasteiger partial charge >= 0.3 is 5.51 Å². The largest absolute Gasteiger partial charge is 0.501 e. The standard InChI is InChI=1S/C16H11ClF4N2O3S/c1-2-23-15-12(8-22)13(26-11-6-9(17)5-10(18)7-11)3-4-14(15)27(24,25)16(19,20)21/h3-7,23H,2H2,1H3. The quantitative estimate of drug-likeness (QED) is 0.695. The van der Waals surface area contributed by atoms with E-state index in [1.807, 2.05) is 0 Å². The normalized spacial score (nSPS) is 11.7. The molecule has 2 rings (SSSR count). The first-order valence-electron chi connectivity index (χ1n) is 7.27. The minimum Gasteiger partial charge on any atom is -0.456 e. The average molecular weight is 423 g/mol. The summed E-state index contributed by atoms with van der Waals surface area (Å²) in [5.74, 6) is -1.12. The molecule has 5 nitrogen and oxygen atoms in total. The molecule has 0 fully saturated rings. The number of hydrogen-bond donors (Lipinski definition) is 1. The van der Waals surface area contributed by atoms with Crippen molar-refractivity contribution in [2.75, 3.05) is 11.9 Å². The van der Waals surface area contributed by atoms with Crippen LogP contribution in [0.3, 0.4) is 0 Å². The maximum atomic E-state index is 13.4. The maximum absolute atomic E-state index is 13.4. The van der Waals surface area contributed by atoms with Crippen LogP contribution in [-0.2, 0) is 9.84 Å². The zero-order valence-corrected chi connectivity index (χ0v) is 15.1. The number of rotatable bonds is 5. The van der Waals surface area contributed by atoms with Crippen LogP contribution in [0.1, 0.15) is 12.5 Å². The van der Waals surface area contributed by atoms with E-state index in [0.717, 1.165) is 18.2 Å². The molecule has 2 aromatic rings. The van der Waals surface area contributed by atoms with Crippen molar-refractivity contribution in [1.82, 2.24) is 0 Å². The summed E-state index contributed by atoms with van der Waals surface area (Å²) in [5.41, 5.74) is -6.59. The summed E-state index contributed by atoms with van der Waals surface area (Å²) in [4.78, 5) is -1.11. The summed E-state index contributed by atoms with van der Waals surface area (Å²) in [6, 6.07) is 6.34. The van der Waals surface area contributed by atoms with Gasteiger partial charge in [-0.25, -0.2) is 12.8 Å². The Hall–Kier alpha value is -2.51. The van der Waals surface area contributed by atoms with E-state index in [4.69, 9.17) is 16.3 Å². The molecule has 27 heavy (non-hydrogen) atoms. The van der Waals surface area contributed by atoms with Crippen molar-refractivity contribution in [3.63, 3.8) is 0 Å². The first-order valence-corrected chi connectivity index (χ1v) is 9.13. The molecule has 0 saturated heterocycles. The summed E-state index contributed by atoms with van der Waals surface area (Å²) in [6.45, 7) is 1.54. The molecule has 0 bridgehead atoms.